The van der Waals surface area contributed by atoms with Gasteiger partial charge in [-0.15, -0.1) is 0 Å². The van der Waals surface area contributed by atoms with Gasteiger partial charge in [-0.05, 0) is 106 Å². The molecule has 53 heavy (non-hydrogen) atoms. The maximum atomic E-state index is 14.0. The number of carbonyl (C=O) groups is 4. The van der Waals surface area contributed by atoms with Crippen LogP contribution in [0.4, 0.5) is 21.9 Å². The van der Waals surface area contributed by atoms with Crippen LogP contribution in [0.25, 0.3) is 0 Å². The quantitative estimate of drug-likeness (QED) is 0.281. The lowest BCUT2D eigenvalue weighted by Gasteiger charge is -2.31. The van der Waals surface area contributed by atoms with Crippen molar-refractivity contribution in [2.75, 3.05) is 81.6 Å². The maximum Gasteiger partial charge on any atom is 0.410 e. The third-order valence-corrected chi connectivity index (χ3v) is 9.92. The lowest BCUT2D eigenvalue weighted by Crippen LogP contribution is -2.41. The van der Waals surface area contributed by atoms with Gasteiger partial charge < -0.3 is 34.8 Å². The van der Waals surface area contributed by atoms with E-state index < -0.39 is 11.5 Å². The molecule has 0 bridgehead atoms. The minimum Gasteiger partial charge on any atom is -0.444 e. The number of carbonyl (C=O) groups excluding carboxylic acids is 4. The van der Waals surface area contributed by atoms with Crippen molar-refractivity contribution in [3.8, 4) is 0 Å². The van der Waals surface area contributed by atoms with Gasteiger partial charge in [0.15, 0.2) is 0 Å². The Bertz CT molecular complexity index is 1810. The molecule has 2 N–H and O–H groups in total. The van der Waals surface area contributed by atoms with Crippen LogP contribution in [0.15, 0.2) is 60.7 Å². The van der Waals surface area contributed by atoms with Crippen LogP contribution >= 0.6 is 0 Å². The van der Waals surface area contributed by atoms with Crippen LogP contribution in [-0.4, -0.2) is 110 Å². The summed E-state index contributed by atoms with van der Waals surface area (Å²) in [6.45, 7) is 12.7. The predicted molar refractivity (Wildman–Crippen MR) is 206 cm³/mol. The molecule has 282 valence electrons. The van der Waals surface area contributed by atoms with Crippen LogP contribution < -0.4 is 15.5 Å². The van der Waals surface area contributed by atoms with Crippen LogP contribution in [0.1, 0.15) is 82.2 Å². The molecule has 0 aromatic heterocycles. The van der Waals surface area contributed by atoms with Crippen LogP contribution in [0, 0.1) is 0 Å². The fraction of sp³-hybridized carbons (Fsp3) is 0.463. The van der Waals surface area contributed by atoms with Crippen molar-refractivity contribution in [3.63, 3.8) is 0 Å². The van der Waals surface area contributed by atoms with Crippen molar-refractivity contribution in [2.45, 2.75) is 58.6 Å². The number of nitrogens with one attached hydrogen (secondary N) is 2. The zero-order chi connectivity index (χ0) is 37.5. The number of piperidine rings is 1. The van der Waals surface area contributed by atoms with Gasteiger partial charge in [0, 0.05) is 81.9 Å². The summed E-state index contributed by atoms with van der Waals surface area (Å²) in [5, 5.41) is 6.01. The van der Waals surface area contributed by atoms with E-state index in [0.717, 1.165) is 62.4 Å². The van der Waals surface area contributed by atoms with E-state index in [4.69, 9.17) is 9.47 Å². The highest BCUT2D eigenvalue weighted by atomic mass is 16.6. The zero-order valence-electron chi connectivity index (χ0n) is 31.4. The number of anilines is 3. The minimum atomic E-state index is -0.571. The summed E-state index contributed by atoms with van der Waals surface area (Å²) >= 11 is 0. The number of amides is 4. The third-order valence-electron chi connectivity index (χ3n) is 9.92. The molecule has 12 nitrogen and oxygen atoms in total. The molecular formula is C41H52N6O6. The fourth-order valence-corrected chi connectivity index (χ4v) is 6.92. The number of nitrogens with zero attached hydrogens (tertiary/aromatic N) is 4. The largest absolute Gasteiger partial charge is 0.444 e. The van der Waals surface area contributed by atoms with E-state index in [2.05, 4.69) is 20.4 Å². The summed E-state index contributed by atoms with van der Waals surface area (Å²) < 4.78 is 11.0. The van der Waals surface area contributed by atoms with Gasteiger partial charge >= 0.3 is 6.09 Å². The summed E-state index contributed by atoms with van der Waals surface area (Å²) in [7, 11) is 1.77. The smallest absolute Gasteiger partial charge is 0.410 e. The Hall–Kier alpha value is -4.94. The van der Waals surface area contributed by atoms with Crippen LogP contribution in [-0.2, 0) is 22.4 Å². The lowest BCUT2D eigenvalue weighted by atomic mass is 9.99. The molecule has 3 heterocycles. The van der Waals surface area contributed by atoms with Crippen LogP contribution in [0.5, 0.6) is 0 Å². The van der Waals surface area contributed by atoms with Gasteiger partial charge in [-0.25, -0.2) is 4.79 Å². The Morgan fingerprint density at radius 2 is 1.57 bits per heavy atom. The van der Waals surface area contributed by atoms with Gasteiger partial charge in [-0.2, -0.15) is 0 Å². The van der Waals surface area contributed by atoms with E-state index in [1.165, 1.54) is 6.42 Å². The van der Waals surface area contributed by atoms with E-state index >= 15 is 0 Å². The van der Waals surface area contributed by atoms with E-state index in [0.29, 0.717) is 67.3 Å². The molecule has 0 unspecified atom stereocenters. The summed E-state index contributed by atoms with van der Waals surface area (Å²) in [5.74, 6) is -0.934. The van der Waals surface area contributed by atoms with Gasteiger partial charge in [0.05, 0.1) is 24.5 Å². The van der Waals surface area contributed by atoms with Crippen molar-refractivity contribution in [1.29, 1.82) is 0 Å². The van der Waals surface area contributed by atoms with Gasteiger partial charge in [-0.3, -0.25) is 19.3 Å². The highest BCUT2D eigenvalue weighted by molar-refractivity contribution is 6.13. The Balaban J connectivity index is 1.16. The number of rotatable bonds is 9. The van der Waals surface area contributed by atoms with Gasteiger partial charge in [0.1, 0.15) is 5.60 Å². The standard InChI is InChI=1S/C41H52N6O6/c1-41(2,3)53-40(51)47-18-15-29-26-33(12-11-32(29)28-47)42-38(49)35-27-34(46-16-6-5-7-17-46)13-14-36(35)43-37(48)30-9-8-10-31(25-30)39(50)44(4)19-20-45-21-23-52-24-22-45/h8-14,25-27H,5-7,15-24,28H2,1-4H3,(H,42,49)(H,43,48). The monoisotopic (exact) mass is 724 g/mol. The molecule has 2 saturated heterocycles. The number of hydrogen-bond donors (Lipinski definition) is 2. The molecule has 0 saturated carbocycles. The van der Waals surface area contributed by atoms with E-state index in [-0.39, 0.29) is 17.9 Å². The second-order valence-electron chi connectivity index (χ2n) is 15.1. The van der Waals surface area contributed by atoms with E-state index in [1.54, 1.807) is 47.2 Å². The lowest BCUT2D eigenvalue weighted by molar-refractivity contribution is 0.0223. The average molecular weight is 725 g/mol. The number of hydrogen-bond acceptors (Lipinski definition) is 8. The highest BCUT2D eigenvalue weighted by Gasteiger charge is 2.27. The van der Waals surface area contributed by atoms with Crippen molar-refractivity contribution in [3.05, 3.63) is 88.5 Å². The SMILES string of the molecule is CN(CCN1CCOCC1)C(=O)c1cccc(C(=O)Nc2ccc(N3CCCCC3)cc2C(=O)Nc2ccc3c(c2)CCN(C(=O)OC(C)(C)C)C3)c1. The van der Waals surface area contributed by atoms with Crippen molar-refractivity contribution in [1.82, 2.24) is 14.7 Å². The first-order valence-electron chi connectivity index (χ1n) is 18.7. The summed E-state index contributed by atoms with van der Waals surface area (Å²) in [4.78, 5) is 61.6. The molecular weight excluding hydrogens is 672 g/mol. The Kier molecular flexibility index (Phi) is 12.0. The molecule has 2 fully saturated rings. The molecule has 3 aromatic rings. The number of fused-ring (bicyclic) bond motifs is 1. The minimum absolute atomic E-state index is 0.165. The second kappa shape index (κ2) is 16.8. The number of morpholine rings is 1. The maximum absolute atomic E-state index is 14.0. The van der Waals surface area contributed by atoms with Gasteiger partial charge in [0.25, 0.3) is 17.7 Å². The normalized spacial score (nSPS) is 16.4. The summed E-state index contributed by atoms with van der Waals surface area (Å²) in [6.07, 6.45) is 3.64. The Labute approximate surface area is 312 Å². The molecule has 4 amide bonds. The first kappa shape index (κ1) is 37.8. The average Bonchev–Trinajstić information content (AvgIpc) is 3.16. The molecule has 0 aliphatic carbocycles. The number of ether oxygens (including phenoxy) is 2. The first-order chi connectivity index (χ1) is 25.4. The second-order valence-corrected chi connectivity index (χ2v) is 15.1. The summed E-state index contributed by atoms with van der Waals surface area (Å²) in [6, 6.07) is 18.0. The predicted octanol–water partition coefficient (Wildman–Crippen LogP) is 5.88. The van der Waals surface area contributed by atoms with Gasteiger partial charge in [0.2, 0.25) is 0 Å². The number of benzene rings is 3. The van der Waals surface area contributed by atoms with Crippen LogP contribution in [0.3, 0.4) is 0 Å². The summed E-state index contributed by atoms with van der Waals surface area (Å²) in [5.41, 5.74) is 4.49. The van der Waals surface area contributed by atoms with Gasteiger partial charge in [-0.1, -0.05) is 12.1 Å². The Morgan fingerprint density at radius 1 is 0.811 bits per heavy atom. The van der Waals surface area contributed by atoms with Crippen molar-refractivity contribution >= 4 is 40.9 Å². The van der Waals surface area contributed by atoms with Crippen molar-refractivity contribution < 1.29 is 28.7 Å². The molecule has 12 heteroatoms. The van der Waals surface area contributed by atoms with Crippen molar-refractivity contribution in [2.24, 2.45) is 0 Å². The fourth-order valence-electron chi connectivity index (χ4n) is 6.92. The molecule has 0 atom stereocenters. The third kappa shape index (κ3) is 9.94. The van der Waals surface area contributed by atoms with Crippen LogP contribution in [0.2, 0.25) is 0 Å². The topological polar surface area (TPSA) is 124 Å². The molecule has 3 aliphatic rings. The van der Waals surface area contributed by atoms with E-state index in [1.807, 2.05) is 51.1 Å². The first-order valence-corrected chi connectivity index (χ1v) is 18.7. The van der Waals surface area contributed by atoms with E-state index in [9.17, 15) is 19.2 Å². The number of likely N-dealkylation sites (N-methyl/N-ethyl adjacent to an activating group) is 1. The molecule has 0 radical (unpaired) electrons. The Morgan fingerprint density at radius 3 is 2.32 bits per heavy atom. The molecule has 3 aromatic carbocycles. The molecule has 3 aliphatic heterocycles. The highest BCUT2D eigenvalue weighted by Crippen LogP contribution is 2.29. The molecule has 0 spiro atoms. The molecule has 6 rings (SSSR count). The zero-order valence-corrected chi connectivity index (χ0v) is 31.4.